The molecule has 5 heteroatoms. The zero-order valence-corrected chi connectivity index (χ0v) is 13.5. The third-order valence-corrected chi connectivity index (χ3v) is 4.23. The van der Waals surface area contributed by atoms with E-state index in [1.165, 1.54) is 5.56 Å². The number of hydrogen-bond donors (Lipinski definition) is 3. The van der Waals surface area contributed by atoms with Crippen molar-refractivity contribution in [1.29, 1.82) is 0 Å². The highest BCUT2D eigenvalue weighted by atomic mass is 35.5. The zero-order chi connectivity index (χ0) is 16.2. The van der Waals surface area contributed by atoms with Crippen molar-refractivity contribution >= 4 is 11.6 Å². The summed E-state index contributed by atoms with van der Waals surface area (Å²) in [6.07, 6.45) is 3.68. The van der Waals surface area contributed by atoms with Gasteiger partial charge in [0.05, 0.1) is 11.2 Å². The van der Waals surface area contributed by atoms with Gasteiger partial charge < -0.3 is 10.4 Å². The minimum atomic E-state index is 0.105. The van der Waals surface area contributed by atoms with Gasteiger partial charge in [-0.2, -0.15) is 5.10 Å². The van der Waals surface area contributed by atoms with Gasteiger partial charge >= 0.3 is 0 Å². The Labute approximate surface area is 140 Å². The molecule has 0 saturated heterocycles. The third-order valence-electron chi connectivity index (χ3n) is 3.93. The highest BCUT2D eigenvalue weighted by Gasteiger charge is 2.15. The summed E-state index contributed by atoms with van der Waals surface area (Å²) < 4.78 is 0. The number of aromatic nitrogens is 2. The van der Waals surface area contributed by atoms with Crippen LogP contribution in [-0.2, 0) is 0 Å². The molecule has 0 radical (unpaired) electrons. The summed E-state index contributed by atoms with van der Waals surface area (Å²) in [7, 11) is 1.93. The SMILES string of the molecule is CNCC(c1ccc(-c2cn[nH]c2)cc1)c1ccc(O)c(Cl)c1. The fourth-order valence-corrected chi connectivity index (χ4v) is 2.88. The van der Waals surface area contributed by atoms with E-state index < -0.39 is 0 Å². The Hall–Kier alpha value is -2.30. The van der Waals surface area contributed by atoms with Crippen LogP contribution in [0.3, 0.4) is 0 Å². The van der Waals surface area contributed by atoms with Crippen LogP contribution in [0.4, 0.5) is 0 Å². The summed E-state index contributed by atoms with van der Waals surface area (Å²) in [6, 6.07) is 13.8. The number of aromatic hydroxyl groups is 1. The van der Waals surface area contributed by atoms with Crippen molar-refractivity contribution in [3.63, 3.8) is 0 Å². The lowest BCUT2D eigenvalue weighted by Gasteiger charge is -2.18. The highest BCUT2D eigenvalue weighted by Crippen LogP contribution is 2.31. The molecule has 118 valence electrons. The van der Waals surface area contributed by atoms with Crippen molar-refractivity contribution in [2.24, 2.45) is 0 Å². The van der Waals surface area contributed by atoms with Gasteiger partial charge in [-0.1, -0.05) is 41.9 Å². The molecule has 1 aromatic heterocycles. The number of phenolic OH excluding ortho intramolecular Hbond substituents is 1. The van der Waals surface area contributed by atoms with Crippen LogP contribution in [0.15, 0.2) is 54.9 Å². The lowest BCUT2D eigenvalue weighted by atomic mass is 9.90. The molecule has 0 amide bonds. The van der Waals surface area contributed by atoms with Crippen molar-refractivity contribution in [2.75, 3.05) is 13.6 Å². The molecule has 3 rings (SSSR count). The predicted octanol–water partition coefficient (Wildman–Crippen LogP) is 3.79. The van der Waals surface area contributed by atoms with E-state index >= 15 is 0 Å². The van der Waals surface area contributed by atoms with Crippen LogP contribution in [0, 0.1) is 0 Å². The lowest BCUT2D eigenvalue weighted by molar-refractivity contribution is 0.475. The van der Waals surface area contributed by atoms with E-state index in [0.29, 0.717) is 5.02 Å². The summed E-state index contributed by atoms with van der Waals surface area (Å²) in [4.78, 5) is 0. The first kappa shape index (κ1) is 15.6. The second-order valence-electron chi connectivity index (χ2n) is 5.43. The molecule has 0 aliphatic heterocycles. The molecule has 4 nitrogen and oxygen atoms in total. The topological polar surface area (TPSA) is 60.9 Å². The molecule has 1 unspecified atom stereocenters. The second kappa shape index (κ2) is 6.86. The fourth-order valence-electron chi connectivity index (χ4n) is 2.69. The summed E-state index contributed by atoms with van der Waals surface area (Å²) in [6.45, 7) is 0.784. The van der Waals surface area contributed by atoms with E-state index in [0.717, 1.165) is 23.2 Å². The van der Waals surface area contributed by atoms with Gasteiger partial charge in [-0.05, 0) is 35.9 Å². The molecular weight excluding hydrogens is 310 g/mol. The van der Waals surface area contributed by atoms with Crippen LogP contribution in [0.2, 0.25) is 5.02 Å². The average Bonchev–Trinajstić information content (AvgIpc) is 3.10. The largest absolute Gasteiger partial charge is 0.506 e. The maximum atomic E-state index is 9.61. The number of rotatable bonds is 5. The second-order valence-corrected chi connectivity index (χ2v) is 5.84. The van der Waals surface area contributed by atoms with Crippen LogP contribution in [0.25, 0.3) is 11.1 Å². The van der Waals surface area contributed by atoms with Crippen LogP contribution < -0.4 is 5.32 Å². The minimum absolute atomic E-state index is 0.105. The van der Waals surface area contributed by atoms with Crippen molar-refractivity contribution in [3.05, 3.63) is 71.0 Å². The van der Waals surface area contributed by atoms with E-state index in [-0.39, 0.29) is 11.7 Å². The first-order chi connectivity index (χ1) is 11.2. The minimum Gasteiger partial charge on any atom is -0.506 e. The molecule has 0 bridgehead atoms. The molecule has 2 aromatic carbocycles. The van der Waals surface area contributed by atoms with E-state index in [4.69, 9.17) is 11.6 Å². The maximum absolute atomic E-state index is 9.61. The summed E-state index contributed by atoms with van der Waals surface area (Å²) in [5, 5.41) is 20.0. The number of phenols is 1. The summed E-state index contributed by atoms with van der Waals surface area (Å²) in [5.41, 5.74) is 4.44. The Morgan fingerprint density at radius 1 is 1.13 bits per heavy atom. The molecular formula is C18H18ClN3O. The normalized spacial score (nSPS) is 12.3. The molecule has 0 saturated carbocycles. The van der Waals surface area contributed by atoms with Crippen LogP contribution in [-0.4, -0.2) is 28.9 Å². The Kier molecular flexibility index (Phi) is 4.65. The molecule has 3 aromatic rings. The molecule has 3 N–H and O–H groups in total. The number of nitrogens with one attached hydrogen (secondary N) is 2. The van der Waals surface area contributed by atoms with Crippen molar-refractivity contribution in [1.82, 2.24) is 15.5 Å². The number of benzene rings is 2. The molecule has 23 heavy (non-hydrogen) atoms. The highest BCUT2D eigenvalue weighted by molar-refractivity contribution is 6.32. The molecule has 0 aliphatic carbocycles. The molecule has 0 spiro atoms. The van der Waals surface area contributed by atoms with Gasteiger partial charge in [0, 0.05) is 24.2 Å². The molecule has 1 heterocycles. The van der Waals surface area contributed by atoms with Crippen LogP contribution in [0.1, 0.15) is 17.0 Å². The monoisotopic (exact) mass is 327 g/mol. The first-order valence-electron chi connectivity index (χ1n) is 7.41. The van der Waals surface area contributed by atoms with Gasteiger partial charge in [0.1, 0.15) is 5.75 Å². The fraction of sp³-hybridized carbons (Fsp3) is 0.167. The van der Waals surface area contributed by atoms with Crippen molar-refractivity contribution < 1.29 is 5.11 Å². The van der Waals surface area contributed by atoms with Crippen LogP contribution in [0.5, 0.6) is 5.75 Å². The zero-order valence-electron chi connectivity index (χ0n) is 12.8. The summed E-state index contributed by atoms with van der Waals surface area (Å²) in [5.74, 6) is 0.269. The third kappa shape index (κ3) is 3.38. The molecule has 0 aliphatic rings. The first-order valence-corrected chi connectivity index (χ1v) is 7.79. The number of aromatic amines is 1. The van der Waals surface area contributed by atoms with Gasteiger partial charge in [-0.3, -0.25) is 5.10 Å². The van der Waals surface area contributed by atoms with E-state index in [1.54, 1.807) is 12.3 Å². The Morgan fingerprint density at radius 2 is 1.87 bits per heavy atom. The van der Waals surface area contributed by atoms with E-state index in [1.807, 2.05) is 25.4 Å². The Morgan fingerprint density at radius 3 is 2.48 bits per heavy atom. The molecule has 0 fully saturated rings. The maximum Gasteiger partial charge on any atom is 0.134 e. The van der Waals surface area contributed by atoms with Gasteiger partial charge in [0.2, 0.25) is 0 Å². The van der Waals surface area contributed by atoms with Gasteiger partial charge in [-0.25, -0.2) is 0 Å². The smallest absolute Gasteiger partial charge is 0.134 e. The van der Waals surface area contributed by atoms with Gasteiger partial charge in [0.15, 0.2) is 0 Å². The number of nitrogens with zero attached hydrogens (tertiary/aromatic N) is 1. The quantitative estimate of drug-likeness (QED) is 0.668. The number of hydrogen-bond acceptors (Lipinski definition) is 3. The van der Waals surface area contributed by atoms with Crippen LogP contribution >= 0.6 is 11.6 Å². The van der Waals surface area contributed by atoms with Crippen molar-refractivity contribution in [3.8, 4) is 16.9 Å². The van der Waals surface area contributed by atoms with Crippen molar-refractivity contribution in [2.45, 2.75) is 5.92 Å². The van der Waals surface area contributed by atoms with E-state index in [2.05, 4.69) is 39.8 Å². The standard InChI is InChI=1S/C18H18ClN3O/c1-20-11-16(14-6-7-18(23)17(19)8-14)13-4-2-12(3-5-13)15-9-21-22-10-15/h2-10,16,20,23H,11H2,1H3,(H,21,22). The Bertz CT molecular complexity index is 769. The molecule has 1 atom stereocenters. The number of H-pyrrole nitrogens is 1. The van der Waals surface area contributed by atoms with Gasteiger partial charge in [-0.15, -0.1) is 0 Å². The summed E-state index contributed by atoms with van der Waals surface area (Å²) >= 11 is 6.06. The van der Waals surface area contributed by atoms with Gasteiger partial charge in [0.25, 0.3) is 0 Å². The lowest BCUT2D eigenvalue weighted by Crippen LogP contribution is -2.18. The number of likely N-dealkylation sites (N-methyl/N-ethyl adjacent to an activating group) is 1. The van der Waals surface area contributed by atoms with E-state index in [9.17, 15) is 5.11 Å². The average molecular weight is 328 g/mol. The Balaban J connectivity index is 1.93. The predicted molar refractivity (Wildman–Crippen MR) is 92.9 cm³/mol. The number of halogens is 1.